The molecule has 0 N–H and O–H groups in total. The van der Waals surface area contributed by atoms with Crippen LogP contribution in [0.4, 0.5) is 18.9 Å². The molecular weight excluding hydrogens is 323 g/mol. The van der Waals surface area contributed by atoms with Crippen molar-refractivity contribution in [2.45, 2.75) is 19.5 Å². The van der Waals surface area contributed by atoms with Crippen molar-refractivity contribution >= 4 is 11.7 Å². The number of hydrogen-bond acceptors (Lipinski definition) is 4. The van der Waals surface area contributed by atoms with Gasteiger partial charge in [-0.1, -0.05) is 12.1 Å². The normalized spacial score (nSPS) is 13.6. The molecule has 0 aliphatic carbocycles. The van der Waals surface area contributed by atoms with E-state index in [2.05, 4.69) is 4.74 Å². The predicted molar refractivity (Wildman–Crippen MR) is 80.8 cm³/mol. The van der Waals surface area contributed by atoms with Gasteiger partial charge in [-0.3, -0.25) is 0 Å². The summed E-state index contributed by atoms with van der Waals surface area (Å²) < 4.78 is 45.2. The Balaban J connectivity index is 1.79. The van der Waals surface area contributed by atoms with Crippen LogP contribution >= 0.6 is 0 Å². The zero-order chi connectivity index (χ0) is 17.3. The standard InChI is InChI=1S/C17H14F3NO3/c1-23-16(22)14-4-2-3-11-9-21(10-15(11)14)12-5-7-13(8-6-12)24-17(18,19)20/h2-8H,9-10H2,1H3. The Morgan fingerprint density at radius 3 is 2.42 bits per heavy atom. The third-order valence-corrected chi connectivity index (χ3v) is 3.82. The number of fused-ring (bicyclic) bond motifs is 1. The van der Waals surface area contributed by atoms with E-state index in [1.54, 1.807) is 24.3 Å². The Morgan fingerprint density at radius 1 is 1.08 bits per heavy atom. The van der Waals surface area contributed by atoms with Crippen molar-refractivity contribution in [3.8, 4) is 5.75 Å². The van der Waals surface area contributed by atoms with Crippen LogP contribution in [-0.2, 0) is 17.8 Å². The van der Waals surface area contributed by atoms with E-state index in [0.717, 1.165) is 16.8 Å². The van der Waals surface area contributed by atoms with Gasteiger partial charge in [-0.15, -0.1) is 13.2 Å². The number of alkyl halides is 3. The number of methoxy groups -OCH3 is 1. The summed E-state index contributed by atoms with van der Waals surface area (Å²) >= 11 is 0. The molecule has 24 heavy (non-hydrogen) atoms. The maximum Gasteiger partial charge on any atom is 0.573 e. The Kier molecular flexibility index (Phi) is 4.09. The summed E-state index contributed by atoms with van der Waals surface area (Å²) in [6.45, 7) is 1.06. The largest absolute Gasteiger partial charge is 0.573 e. The van der Waals surface area contributed by atoms with Gasteiger partial charge in [-0.05, 0) is 41.5 Å². The van der Waals surface area contributed by atoms with E-state index in [-0.39, 0.29) is 5.75 Å². The smallest absolute Gasteiger partial charge is 0.465 e. The first kappa shape index (κ1) is 16.2. The lowest BCUT2D eigenvalue weighted by Crippen LogP contribution is -2.18. The van der Waals surface area contributed by atoms with E-state index in [1.807, 2.05) is 11.0 Å². The van der Waals surface area contributed by atoms with Crippen LogP contribution in [0.1, 0.15) is 21.5 Å². The van der Waals surface area contributed by atoms with Crippen LogP contribution in [0.15, 0.2) is 42.5 Å². The maximum absolute atomic E-state index is 12.2. The molecule has 0 aromatic heterocycles. The highest BCUT2D eigenvalue weighted by molar-refractivity contribution is 5.91. The van der Waals surface area contributed by atoms with Gasteiger partial charge in [0.05, 0.1) is 12.7 Å². The van der Waals surface area contributed by atoms with E-state index >= 15 is 0 Å². The second-order valence-electron chi connectivity index (χ2n) is 5.33. The summed E-state index contributed by atoms with van der Waals surface area (Å²) in [6.07, 6.45) is -4.71. The van der Waals surface area contributed by atoms with Crippen LogP contribution in [0.5, 0.6) is 5.75 Å². The fourth-order valence-electron chi connectivity index (χ4n) is 2.76. The average molecular weight is 337 g/mol. The fraction of sp³-hybridized carbons (Fsp3) is 0.235. The first-order valence-electron chi connectivity index (χ1n) is 7.17. The molecule has 0 bridgehead atoms. The third kappa shape index (κ3) is 3.29. The molecule has 4 nitrogen and oxygen atoms in total. The van der Waals surface area contributed by atoms with E-state index in [1.165, 1.54) is 19.2 Å². The molecule has 0 saturated heterocycles. The number of hydrogen-bond donors (Lipinski definition) is 0. The molecular formula is C17H14F3NO3. The zero-order valence-corrected chi connectivity index (χ0v) is 12.8. The molecule has 1 aliphatic rings. The first-order valence-corrected chi connectivity index (χ1v) is 7.17. The van der Waals surface area contributed by atoms with Crippen LogP contribution < -0.4 is 9.64 Å². The molecule has 1 aliphatic heterocycles. The van der Waals surface area contributed by atoms with Crippen LogP contribution in [0.25, 0.3) is 0 Å². The minimum atomic E-state index is -4.71. The lowest BCUT2D eigenvalue weighted by atomic mass is 10.0. The van der Waals surface area contributed by atoms with E-state index in [0.29, 0.717) is 18.7 Å². The molecule has 0 saturated carbocycles. The summed E-state index contributed by atoms with van der Waals surface area (Å²) in [7, 11) is 1.33. The summed E-state index contributed by atoms with van der Waals surface area (Å²) in [4.78, 5) is 13.8. The number of benzene rings is 2. The molecule has 2 aromatic carbocycles. The fourth-order valence-corrected chi connectivity index (χ4v) is 2.76. The molecule has 0 radical (unpaired) electrons. The van der Waals surface area contributed by atoms with Crippen LogP contribution in [0.2, 0.25) is 0 Å². The number of carbonyl (C=O) groups excluding carboxylic acids is 1. The van der Waals surface area contributed by atoms with Gasteiger partial charge in [0.25, 0.3) is 0 Å². The van der Waals surface area contributed by atoms with Gasteiger partial charge in [0.15, 0.2) is 0 Å². The number of nitrogens with zero attached hydrogens (tertiary/aromatic N) is 1. The molecule has 0 amide bonds. The molecule has 3 rings (SSSR count). The van der Waals surface area contributed by atoms with Crippen molar-refractivity contribution in [1.29, 1.82) is 0 Å². The van der Waals surface area contributed by atoms with Crippen LogP contribution in [0.3, 0.4) is 0 Å². The highest BCUT2D eigenvalue weighted by Crippen LogP contribution is 2.32. The Labute approximate surface area is 136 Å². The summed E-state index contributed by atoms with van der Waals surface area (Å²) in [5, 5.41) is 0. The van der Waals surface area contributed by atoms with Crippen LogP contribution in [-0.4, -0.2) is 19.4 Å². The van der Waals surface area contributed by atoms with Gasteiger partial charge in [0.2, 0.25) is 0 Å². The molecule has 2 aromatic rings. The zero-order valence-electron chi connectivity index (χ0n) is 12.8. The van der Waals surface area contributed by atoms with Gasteiger partial charge in [0.1, 0.15) is 5.75 Å². The number of anilines is 1. The molecule has 0 fully saturated rings. The third-order valence-electron chi connectivity index (χ3n) is 3.82. The first-order chi connectivity index (χ1) is 11.4. The van der Waals surface area contributed by atoms with Gasteiger partial charge >= 0.3 is 12.3 Å². The molecule has 7 heteroatoms. The van der Waals surface area contributed by atoms with Crippen molar-refractivity contribution < 1.29 is 27.4 Å². The predicted octanol–water partition coefficient (Wildman–Crippen LogP) is 3.89. The Morgan fingerprint density at radius 2 is 1.79 bits per heavy atom. The van der Waals surface area contributed by atoms with Gasteiger partial charge in [0, 0.05) is 18.8 Å². The lowest BCUT2D eigenvalue weighted by molar-refractivity contribution is -0.274. The quantitative estimate of drug-likeness (QED) is 0.797. The lowest BCUT2D eigenvalue weighted by Gasteiger charge is -2.18. The molecule has 1 heterocycles. The Hall–Kier alpha value is -2.70. The van der Waals surface area contributed by atoms with Gasteiger partial charge < -0.3 is 14.4 Å². The summed E-state index contributed by atoms with van der Waals surface area (Å²) in [5.41, 5.74) is 3.12. The monoisotopic (exact) mass is 337 g/mol. The molecule has 0 atom stereocenters. The molecule has 126 valence electrons. The van der Waals surface area contributed by atoms with E-state index in [9.17, 15) is 18.0 Å². The molecule has 0 spiro atoms. The number of ether oxygens (including phenoxy) is 2. The minimum Gasteiger partial charge on any atom is -0.465 e. The summed E-state index contributed by atoms with van der Waals surface area (Å²) in [6, 6.07) is 11.1. The average Bonchev–Trinajstić information content (AvgIpc) is 2.97. The number of rotatable bonds is 3. The highest BCUT2D eigenvalue weighted by Gasteiger charge is 2.31. The summed E-state index contributed by atoms with van der Waals surface area (Å²) in [5.74, 6) is -0.666. The van der Waals surface area contributed by atoms with Crippen molar-refractivity contribution in [3.63, 3.8) is 0 Å². The van der Waals surface area contributed by atoms with Crippen molar-refractivity contribution in [2.75, 3.05) is 12.0 Å². The van der Waals surface area contributed by atoms with E-state index < -0.39 is 12.3 Å². The number of carbonyl (C=O) groups is 1. The van der Waals surface area contributed by atoms with E-state index in [4.69, 9.17) is 4.74 Å². The van der Waals surface area contributed by atoms with Crippen molar-refractivity contribution in [2.24, 2.45) is 0 Å². The highest BCUT2D eigenvalue weighted by atomic mass is 19.4. The number of esters is 1. The Bertz CT molecular complexity index is 757. The van der Waals surface area contributed by atoms with Crippen molar-refractivity contribution in [1.82, 2.24) is 0 Å². The van der Waals surface area contributed by atoms with Gasteiger partial charge in [-0.2, -0.15) is 0 Å². The van der Waals surface area contributed by atoms with Crippen LogP contribution in [0, 0.1) is 0 Å². The molecule has 0 unspecified atom stereocenters. The second kappa shape index (κ2) is 6.07. The van der Waals surface area contributed by atoms with Gasteiger partial charge in [-0.25, -0.2) is 4.79 Å². The maximum atomic E-state index is 12.2. The topological polar surface area (TPSA) is 38.8 Å². The SMILES string of the molecule is COC(=O)c1cccc2c1CN(c1ccc(OC(F)(F)F)cc1)C2. The second-order valence-corrected chi connectivity index (χ2v) is 5.33. The number of halogens is 3. The van der Waals surface area contributed by atoms with Crippen molar-refractivity contribution in [3.05, 3.63) is 59.2 Å². The minimum absolute atomic E-state index is 0.266.